The largest absolute Gasteiger partial charge is 0.357 e. The standard InChI is InChI=1S/C20H40N6/c1-9-21-20(22-10-11-25(15(2)3)16(4)5)23-13-17(6)14-26-19(8)12-18(7)24-26/h12,15-17H,9-11,13-14H2,1-8H3,(H2,21,22,23). The molecule has 0 radical (unpaired) electrons. The summed E-state index contributed by atoms with van der Waals surface area (Å²) >= 11 is 0. The fourth-order valence-corrected chi connectivity index (χ4v) is 3.22. The Labute approximate surface area is 160 Å². The first-order valence-electron chi connectivity index (χ1n) is 10.0. The van der Waals surface area contributed by atoms with Crippen molar-refractivity contribution < 1.29 is 0 Å². The van der Waals surface area contributed by atoms with Crippen LogP contribution >= 0.6 is 0 Å². The molecule has 2 N–H and O–H groups in total. The van der Waals surface area contributed by atoms with Gasteiger partial charge in [-0.15, -0.1) is 0 Å². The van der Waals surface area contributed by atoms with Gasteiger partial charge in [0.25, 0.3) is 0 Å². The average Bonchev–Trinajstić information content (AvgIpc) is 2.85. The third kappa shape index (κ3) is 7.77. The van der Waals surface area contributed by atoms with E-state index in [0.29, 0.717) is 18.0 Å². The van der Waals surface area contributed by atoms with E-state index >= 15 is 0 Å². The highest BCUT2D eigenvalue weighted by Crippen LogP contribution is 2.07. The summed E-state index contributed by atoms with van der Waals surface area (Å²) in [6.07, 6.45) is 0. The maximum absolute atomic E-state index is 4.77. The lowest BCUT2D eigenvalue weighted by molar-refractivity contribution is 0.178. The highest BCUT2D eigenvalue weighted by molar-refractivity contribution is 5.79. The molecule has 1 aromatic rings. The summed E-state index contributed by atoms with van der Waals surface area (Å²) in [4.78, 5) is 7.26. The number of hydrogen-bond acceptors (Lipinski definition) is 3. The van der Waals surface area contributed by atoms with Crippen LogP contribution in [0.5, 0.6) is 0 Å². The third-order valence-electron chi connectivity index (χ3n) is 4.48. The van der Waals surface area contributed by atoms with Crippen molar-refractivity contribution >= 4 is 5.96 Å². The molecule has 1 heterocycles. The fourth-order valence-electron chi connectivity index (χ4n) is 3.22. The minimum Gasteiger partial charge on any atom is -0.357 e. The van der Waals surface area contributed by atoms with E-state index in [1.54, 1.807) is 0 Å². The Balaban J connectivity index is 2.52. The van der Waals surface area contributed by atoms with Gasteiger partial charge in [0.05, 0.1) is 5.69 Å². The molecule has 0 amide bonds. The average molecular weight is 365 g/mol. The van der Waals surface area contributed by atoms with Crippen molar-refractivity contribution in [1.29, 1.82) is 0 Å². The number of aliphatic imine (C=N–C) groups is 1. The molecule has 0 aliphatic rings. The van der Waals surface area contributed by atoms with Crippen LogP contribution in [0.1, 0.15) is 52.9 Å². The van der Waals surface area contributed by atoms with Crippen LogP contribution in [0.25, 0.3) is 0 Å². The molecule has 1 unspecified atom stereocenters. The molecule has 0 aliphatic carbocycles. The summed E-state index contributed by atoms with van der Waals surface area (Å²) in [6.45, 7) is 21.9. The molecule has 0 fully saturated rings. The molecule has 1 atom stereocenters. The van der Waals surface area contributed by atoms with E-state index < -0.39 is 0 Å². The Morgan fingerprint density at radius 3 is 2.31 bits per heavy atom. The SMILES string of the molecule is CCNC(=NCC(C)Cn1nc(C)cc1C)NCCN(C(C)C)C(C)C. The van der Waals surface area contributed by atoms with E-state index in [4.69, 9.17) is 4.99 Å². The van der Waals surface area contributed by atoms with Gasteiger partial charge in [0.15, 0.2) is 5.96 Å². The Morgan fingerprint density at radius 1 is 1.15 bits per heavy atom. The van der Waals surface area contributed by atoms with Crippen LogP contribution in [0.4, 0.5) is 0 Å². The molecule has 1 aromatic heterocycles. The first-order chi connectivity index (χ1) is 12.2. The monoisotopic (exact) mass is 364 g/mol. The molecule has 0 saturated heterocycles. The Morgan fingerprint density at radius 2 is 1.81 bits per heavy atom. The van der Waals surface area contributed by atoms with Gasteiger partial charge in [-0.05, 0) is 60.5 Å². The molecule has 0 aromatic carbocycles. The second-order valence-corrected chi connectivity index (χ2v) is 7.79. The van der Waals surface area contributed by atoms with Crippen LogP contribution in [-0.2, 0) is 6.54 Å². The van der Waals surface area contributed by atoms with Gasteiger partial charge in [0.1, 0.15) is 0 Å². The van der Waals surface area contributed by atoms with Gasteiger partial charge in [-0.2, -0.15) is 5.10 Å². The lowest BCUT2D eigenvalue weighted by atomic mass is 10.2. The van der Waals surface area contributed by atoms with Gasteiger partial charge < -0.3 is 10.6 Å². The zero-order valence-electron chi connectivity index (χ0n) is 18.1. The summed E-state index contributed by atoms with van der Waals surface area (Å²) in [5.41, 5.74) is 2.29. The van der Waals surface area contributed by atoms with Crippen LogP contribution in [0.15, 0.2) is 11.1 Å². The zero-order chi connectivity index (χ0) is 19.7. The molecular formula is C20H40N6. The molecule has 6 nitrogen and oxygen atoms in total. The Bertz CT molecular complexity index is 538. The topological polar surface area (TPSA) is 57.5 Å². The summed E-state index contributed by atoms with van der Waals surface area (Å²) in [7, 11) is 0. The first kappa shape index (κ1) is 22.5. The smallest absolute Gasteiger partial charge is 0.191 e. The summed E-state index contributed by atoms with van der Waals surface area (Å²) in [6, 6.07) is 3.23. The van der Waals surface area contributed by atoms with Gasteiger partial charge in [0.2, 0.25) is 0 Å². The second-order valence-electron chi connectivity index (χ2n) is 7.79. The van der Waals surface area contributed by atoms with Crippen molar-refractivity contribution in [3.8, 4) is 0 Å². The van der Waals surface area contributed by atoms with E-state index in [-0.39, 0.29) is 0 Å². The molecule has 0 bridgehead atoms. The van der Waals surface area contributed by atoms with Crippen LogP contribution in [0.2, 0.25) is 0 Å². The predicted molar refractivity (Wildman–Crippen MR) is 112 cm³/mol. The van der Waals surface area contributed by atoms with Crippen molar-refractivity contribution in [3.05, 3.63) is 17.5 Å². The number of nitrogens with zero attached hydrogens (tertiary/aromatic N) is 4. The van der Waals surface area contributed by atoms with Crippen LogP contribution in [-0.4, -0.2) is 58.9 Å². The van der Waals surface area contributed by atoms with Crippen molar-refractivity contribution in [3.63, 3.8) is 0 Å². The van der Waals surface area contributed by atoms with E-state index in [9.17, 15) is 0 Å². The van der Waals surface area contributed by atoms with E-state index in [0.717, 1.165) is 44.4 Å². The number of rotatable bonds is 10. The Hall–Kier alpha value is -1.56. The number of guanidine groups is 1. The fraction of sp³-hybridized carbons (Fsp3) is 0.800. The minimum absolute atomic E-state index is 0.436. The maximum Gasteiger partial charge on any atom is 0.191 e. The highest BCUT2D eigenvalue weighted by Gasteiger charge is 2.13. The van der Waals surface area contributed by atoms with Crippen molar-refractivity contribution in [2.24, 2.45) is 10.9 Å². The number of aromatic nitrogens is 2. The summed E-state index contributed by atoms with van der Waals surface area (Å²) in [5.74, 6) is 1.34. The van der Waals surface area contributed by atoms with Gasteiger partial charge in [-0.25, -0.2) is 0 Å². The number of aryl methyl sites for hydroxylation is 2. The quantitative estimate of drug-likeness (QED) is 0.495. The molecule has 0 spiro atoms. The molecule has 0 aliphatic heterocycles. The van der Waals surface area contributed by atoms with Crippen molar-refractivity contribution in [1.82, 2.24) is 25.3 Å². The van der Waals surface area contributed by atoms with E-state index in [1.165, 1.54) is 5.69 Å². The van der Waals surface area contributed by atoms with E-state index in [2.05, 4.69) is 79.8 Å². The first-order valence-corrected chi connectivity index (χ1v) is 10.0. The molecule has 0 saturated carbocycles. The maximum atomic E-state index is 4.77. The third-order valence-corrected chi connectivity index (χ3v) is 4.48. The van der Waals surface area contributed by atoms with Crippen molar-refractivity contribution in [2.45, 2.75) is 74.0 Å². The predicted octanol–water partition coefficient (Wildman–Crippen LogP) is 2.81. The number of hydrogen-bond donors (Lipinski definition) is 2. The van der Waals surface area contributed by atoms with Crippen LogP contribution in [0, 0.1) is 19.8 Å². The lowest BCUT2D eigenvalue weighted by Gasteiger charge is -2.30. The molecule has 1 rings (SSSR count). The second kappa shape index (κ2) is 11.2. The minimum atomic E-state index is 0.436. The molecular weight excluding hydrogens is 324 g/mol. The van der Waals surface area contributed by atoms with Crippen LogP contribution in [0.3, 0.4) is 0 Å². The zero-order valence-corrected chi connectivity index (χ0v) is 18.1. The lowest BCUT2D eigenvalue weighted by Crippen LogP contribution is -2.45. The highest BCUT2D eigenvalue weighted by atomic mass is 15.3. The van der Waals surface area contributed by atoms with Crippen LogP contribution < -0.4 is 10.6 Å². The molecule has 26 heavy (non-hydrogen) atoms. The van der Waals surface area contributed by atoms with Gasteiger partial charge >= 0.3 is 0 Å². The molecule has 6 heteroatoms. The normalized spacial score (nSPS) is 13.7. The van der Waals surface area contributed by atoms with E-state index in [1.807, 2.05) is 6.92 Å². The Kier molecular flexibility index (Phi) is 9.70. The van der Waals surface area contributed by atoms with Gasteiger partial charge in [-0.3, -0.25) is 14.6 Å². The molecule has 150 valence electrons. The van der Waals surface area contributed by atoms with Gasteiger partial charge in [0, 0.05) is 50.5 Å². The van der Waals surface area contributed by atoms with Gasteiger partial charge in [-0.1, -0.05) is 6.92 Å². The summed E-state index contributed by atoms with van der Waals surface area (Å²) < 4.78 is 2.08. The van der Waals surface area contributed by atoms with Crippen molar-refractivity contribution in [2.75, 3.05) is 26.2 Å². The number of nitrogens with one attached hydrogen (secondary N) is 2. The summed E-state index contributed by atoms with van der Waals surface area (Å²) in [5, 5.41) is 11.4.